The highest BCUT2D eigenvalue weighted by Gasteiger charge is 2.23. The number of nitrogens with one attached hydrogen (secondary N) is 1. The van der Waals surface area contributed by atoms with Crippen molar-refractivity contribution in [1.82, 2.24) is 25.1 Å². The monoisotopic (exact) mass is 469 g/mol. The van der Waals surface area contributed by atoms with Gasteiger partial charge >= 0.3 is 12.2 Å². The Kier molecular flexibility index (Phi) is 5.68. The maximum Gasteiger partial charge on any atom is 0.416 e. The van der Waals surface area contributed by atoms with Crippen LogP contribution in [0.15, 0.2) is 40.3 Å². The van der Waals surface area contributed by atoms with Gasteiger partial charge in [-0.2, -0.15) is 0 Å². The molecule has 0 aliphatic heterocycles. The molecule has 170 valence electrons. The fourth-order valence-corrected chi connectivity index (χ4v) is 3.75. The molecule has 4 rings (SSSR count). The Morgan fingerprint density at radius 1 is 1.21 bits per heavy atom. The summed E-state index contributed by atoms with van der Waals surface area (Å²) in [5, 5.41) is 21.9. The molecule has 2 N–H and O–H groups in total. The summed E-state index contributed by atoms with van der Waals surface area (Å²) in [6.45, 7) is 5.21. The lowest BCUT2D eigenvalue weighted by Gasteiger charge is -2.19. The molecule has 0 unspecified atom stereocenters. The maximum atomic E-state index is 13.1. The molecule has 1 aromatic carbocycles. The van der Waals surface area contributed by atoms with E-state index in [1.807, 2.05) is 0 Å². The molecule has 4 aromatic rings. The second-order valence-electron chi connectivity index (χ2n) is 7.94. The summed E-state index contributed by atoms with van der Waals surface area (Å²) in [6.07, 6.45) is -0.531. The number of para-hydroxylation sites is 1. The molecule has 33 heavy (non-hydrogen) atoms. The number of rotatable bonds is 5. The number of hydrogen-bond donors (Lipinski definition) is 2. The minimum Gasteiger partial charge on any atom is -0.464 e. The smallest absolute Gasteiger partial charge is 0.416 e. The molecule has 0 saturated heterocycles. The number of benzene rings is 1. The van der Waals surface area contributed by atoms with Crippen LogP contribution >= 0.6 is 11.3 Å². The topological polar surface area (TPSA) is 149 Å². The molecule has 0 bridgehead atoms. The lowest BCUT2D eigenvalue weighted by Crippen LogP contribution is -2.32. The van der Waals surface area contributed by atoms with Crippen LogP contribution in [0.4, 0.5) is 9.59 Å². The number of alkyl carbamates (subject to hydrolysis) is 1. The third-order valence-electron chi connectivity index (χ3n) is 4.33. The van der Waals surface area contributed by atoms with Gasteiger partial charge in [-0.05, 0) is 26.8 Å². The van der Waals surface area contributed by atoms with Gasteiger partial charge in [0.05, 0.1) is 17.6 Å². The molecule has 3 aromatic heterocycles. The zero-order valence-electron chi connectivity index (χ0n) is 17.9. The lowest BCUT2D eigenvalue weighted by atomic mass is 10.1. The lowest BCUT2D eigenvalue weighted by molar-refractivity contribution is 0.0518. The zero-order valence-corrected chi connectivity index (χ0v) is 18.7. The number of hydrogen-bond acceptors (Lipinski definition) is 9. The number of carbonyl (C=O) groups is 3. The Hall–Kier alpha value is -4.06. The summed E-state index contributed by atoms with van der Waals surface area (Å²) in [4.78, 5) is 40.6. The van der Waals surface area contributed by atoms with Gasteiger partial charge in [-0.1, -0.05) is 18.2 Å². The fraction of sp³-hybridized carbons (Fsp3) is 0.238. The molecule has 0 spiro atoms. The van der Waals surface area contributed by atoms with E-state index < -0.39 is 23.6 Å². The Labute approximate surface area is 191 Å². The average molecular weight is 469 g/mol. The van der Waals surface area contributed by atoms with E-state index in [1.165, 1.54) is 6.20 Å². The van der Waals surface area contributed by atoms with Crippen LogP contribution in [0.5, 0.6) is 0 Å². The molecule has 0 atom stereocenters. The van der Waals surface area contributed by atoms with Crippen molar-refractivity contribution in [2.24, 2.45) is 0 Å². The summed E-state index contributed by atoms with van der Waals surface area (Å²) in [7, 11) is 0. The molecule has 1 amide bonds. The van der Waals surface area contributed by atoms with Gasteiger partial charge in [0.2, 0.25) is 11.7 Å². The molecule has 0 aliphatic carbocycles. The van der Waals surface area contributed by atoms with Gasteiger partial charge in [0.1, 0.15) is 11.3 Å². The number of thiazole rings is 1. The van der Waals surface area contributed by atoms with Crippen molar-refractivity contribution in [2.45, 2.75) is 32.9 Å². The fourth-order valence-electron chi connectivity index (χ4n) is 3.00. The highest BCUT2D eigenvalue weighted by molar-refractivity contribution is 7.12. The minimum atomic E-state index is -1.19. The number of ketones is 1. The SMILES string of the molecule is CC(C)(C)OC(=O)NCc1nnc(-c2csc(C(=O)c3cn(C(=O)O)c4ccccc34)n2)o1. The quantitative estimate of drug-likeness (QED) is 0.414. The standard InChI is InChI=1S/C21H19N5O6S/c1-21(2,3)32-19(28)22-8-15-24-25-17(31-15)13-10-33-18(23-13)16(27)12-9-26(20(29)30)14-7-5-4-6-11(12)14/h4-7,9-10H,8H2,1-3H3,(H,22,28)(H,29,30). The van der Waals surface area contributed by atoms with Crippen LogP contribution in [-0.2, 0) is 11.3 Å². The Balaban J connectivity index is 1.51. The molecule has 0 saturated carbocycles. The first-order valence-corrected chi connectivity index (χ1v) is 10.6. The van der Waals surface area contributed by atoms with Crippen molar-refractivity contribution in [2.75, 3.05) is 0 Å². The Morgan fingerprint density at radius 3 is 2.70 bits per heavy atom. The number of carboxylic acid groups (broad SMARTS) is 1. The van der Waals surface area contributed by atoms with Gasteiger partial charge in [0, 0.05) is 17.0 Å². The van der Waals surface area contributed by atoms with Crippen molar-refractivity contribution in [3.8, 4) is 11.6 Å². The van der Waals surface area contributed by atoms with E-state index in [-0.39, 0.29) is 28.9 Å². The van der Waals surface area contributed by atoms with Crippen molar-refractivity contribution in [3.05, 3.63) is 52.3 Å². The number of carbonyl (C=O) groups excluding carboxylic acids is 2. The van der Waals surface area contributed by atoms with Gasteiger partial charge in [0.15, 0.2) is 5.01 Å². The number of aromatic nitrogens is 4. The van der Waals surface area contributed by atoms with Crippen molar-refractivity contribution in [3.63, 3.8) is 0 Å². The first-order chi connectivity index (χ1) is 15.6. The first kappa shape index (κ1) is 22.1. The van der Waals surface area contributed by atoms with Crippen LogP contribution < -0.4 is 5.32 Å². The molecule has 12 heteroatoms. The third kappa shape index (κ3) is 4.75. The summed E-state index contributed by atoms with van der Waals surface area (Å²) in [6, 6.07) is 6.73. The van der Waals surface area contributed by atoms with Crippen molar-refractivity contribution >= 4 is 40.2 Å². The normalized spacial score (nSPS) is 11.5. The van der Waals surface area contributed by atoms with E-state index in [4.69, 9.17) is 9.15 Å². The zero-order chi connectivity index (χ0) is 23.8. The van der Waals surface area contributed by atoms with Gasteiger partial charge in [0.25, 0.3) is 5.89 Å². The second kappa shape index (κ2) is 8.47. The Bertz CT molecular complexity index is 1360. The molecular weight excluding hydrogens is 450 g/mol. The second-order valence-corrected chi connectivity index (χ2v) is 8.79. The van der Waals surface area contributed by atoms with E-state index >= 15 is 0 Å². The van der Waals surface area contributed by atoms with E-state index in [2.05, 4.69) is 20.5 Å². The predicted octanol–water partition coefficient (Wildman–Crippen LogP) is 3.93. The van der Waals surface area contributed by atoms with Crippen LogP contribution in [0.3, 0.4) is 0 Å². The predicted molar refractivity (Wildman–Crippen MR) is 117 cm³/mol. The van der Waals surface area contributed by atoms with Crippen molar-refractivity contribution < 1.29 is 28.6 Å². The summed E-state index contributed by atoms with van der Waals surface area (Å²) < 4.78 is 11.7. The average Bonchev–Trinajstić information content (AvgIpc) is 3.48. The van der Waals surface area contributed by atoms with E-state index in [1.54, 1.807) is 50.4 Å². The highest BCUT2D eigenvalue weighted by atomic mass is 32.1. The van der Waals surface area contributed by atoms with E-state index in [0.717, 1.165) is 15.9 Å². The third-order valence-corrected chi connectivity index (χ3v) is 5.17. The van der Waals surface area contributed by atoms with Crippen LogP contribution in [0.2, 0.25) is 0 Å². The van der Waals surface area contributed by atoms with Gasteiger partial charge in [-0.25, -0.2) is 14.6 Å². The van der Waals surface area contributed by atoms with Crippen LogP contribution in [0.25, 0.3) is 22.5 Å². The number of fused-ring (bicyclic) bond motifs is 1. The molecule has 0 aliphatic rings. The summed E-state index contributed by atoms with van der Waals surface area (Å²) in [5.41, 5.74) is 0.289. The van der Waals surface area contributed by atoms with Crippen molar-refractivity contribution in [1.29, 1.82) is 0 Å². The van der Waals surface area contributed by atoms with Crippen LogP contribution in [0, 0.1) is 0 Å². The minimum absolute atomic E-state index is 0.0352. The van der Waals surface area contributed by atoms with Crippen LogP contribution in [0.1, 0.15) is 42.0 Å². The maximum absolute atomic E-state index is 13.1. The van der Waals surface area contributed by atoms with Crippen LogP contribution in [-0.4, -0.2) is 48.4 Å². The first-order valence-electron chi connectivity index (χ1n) is 9.75. The van der Waals surface area contributed by atoms with E-state index in [9.17, 15) is 19.5 Å². The van der Waals surface area contributed by atoms with E-state index in [0.29, 0.717) is 16.6 Å². The number of amides is 1. The number of nitrogens with zero attached hydrogens (tertiary/aromatic N) is 4. The summed E-state index contributed by atoms with van der Waals surface area (Å²) >= 11 is 1.07. The largest absolute Gasteiger partial charge is 0.464 e. The van der Waals surface area contributed by atoms with Gasteiger partial charge < -0.3 is 19.6 Å². The summed E-state index contributed by atoms with van der Waals surface area (Å²) in [5.74, 6) is -0.200. The molecule has 0 radical (unpaired) electrons. The molecule has 0 fully saturated rings. The van der Waals surface area contributed by atoms with Gasteiger partial charge in [-0.15, -0.1) is 21.5 Å². The number of ether oxygens (including phenoxy) is 1. The Morgan fingerprint density at radius 2 is 1.97 bits per heavy atom. The molecule has 11 nitrogen and oxygen atoms in total. The molecular formula is C21H19N5O6S. The molecule has 3 heterocycles. The van der Waals surface area contributed by atoms with Gasteiger partial charge in [-0.3, -0.25) is 9.36 Å². The highest BCUT2D eigenvalue weighted by Crippen LogP contribution is 2.27.